The van der Waals surface area contributed by atoms with Crippen molar-refractivity contribution in [3.05, 3.63) is 34.0 Å². The second-order valence-corrected chi connectivity index (χ2v) is 5.24. The summed E-state index contributed by atoms with van der Waals surface area (Å²) in [6, 6.07) is 0. The van der Waals surface area contributed by atoms with E-state index in [4.69, 9.17) is 0 Å². The normalized spacial score (nSPS) is 11.9. The van der Waals surface area contributed by atoms with Crippen LogP contribution in [0.15, 0.2) is 22.6 Å². The fourth-order valence-corrected chi connectivity index (χ4v) is 2.22. The van der Waals surface area contributed by atoms with Crippen LogP contribution >= 0.6 is 11.3 Å². The summed E-state index contributed by atoms with van der Waals surface area (Å²) in [5, 5.41) is 2.71. The highest BCUT2D eigenvalue weighted by Gasteiger charge is 2.18. The predicted molar refractivity (Wildman–Crippen MR) is 60.8 cm³/mol. The highest BCUT2D eigenvalue weighted by molar-refractivity contribution is 7.12. The average molecular weight is 223 g/mol. The summed E-state index contributed by atoms with van der Waals surface area (Å²) in [7, 11) is 0. The molecule has 4 nitrogen and oxygen atoms in total. The maximum Gasteiger partial charge on any atom is 0.331 e. The summed E-state index contributed by atoms with van der Waals surface area (Å²) in [5.41, 5.74) is 0.884. The lowest BCUT2D eigenvalue weighted by Gasteiger charge is -2.13. The van der Waals surface area contributed by atoms with Gasteiger partial charge in [0.25, 0.3) is 0 Å². The molecule has 2 aromatic heterocycles. The van der Waals surface area contributed by atoms with Gasteiger partial charge in [-0.1, -0.05) is 20.8 Å². The molecule has 0 bridgehead atoms. The van der Waals surface area contributed by atoms with Gasteiger partial charge in [0.15, 0.2) is 5.13 Å². The molecule has 0 saturated heterocycles. The molecule has 2 rings (SSSR count). The number of nitrogens with zero attached hydrogens (tertiary/aromatic N) is 2. The largest absolute Gasteiger partial charge is 0.331 e. The lowest BCUT2D eigenvalue weighted by molar-refractivity contribution is 0.572. The van der Waals surface area contributed by atoms with Gasteiger partial charge in [-0.3, -0.25) is 0 Å². The second kappa shape index (κ2) is 3.34. The molecule has 0 unspecified atom stereocenters. The molecule has 1 N–H and O–H groups in total. The van der Waals surface area contributed by atoms with E-state index in [1.165, 1.54) is 15.9 Å². The van der Waals surface area contributed by atoms with Crippen LogP contribution in [0.5, 0.6) is 0 Å². The molecule has 0 radical (unpaired) electrons. The Morgan fingerprint density at radius 3 is 2.67 bits per heavy atom. The van der Waals surface area contributed by atoms with Gasteiger partial charge < -0.3 is 4.98 Å². The van der Waals surface area contributed by atoms with E-state index in [9.17, 15) is 4.79 Å². The first kappa shape index (κ1) is 10.2. The minimum absolute atomic E-state index is 0.0225. The molecule has 2 heterocycles. The van der Waals surface area contributed by atoms with Crippen molar-refractivity contribution in [3.63, 3.8) is 0 Å². The third kappa shape index (κ3) is 1.87. The summed E-state index contributed by atoms with van der Waals surface area (Å²) in [5.74, 6) is 0. The summed E-state index contributed by atoms with van der Waals surface area (Å²) >= 11 is 1.48. The molecule has 0 aliphatic heterocycles. The Morgan fingerprint density at radius 1 is 1.47 bits per heavy atom. The van der Waals surface area contributed by atoms with Gasteiger partial charge in [-0.15, -0.1) is 11.3 Å². The molecular weight excluding hydrogens is 210 g/mol. The van der Waals surface area contributed by atoms with E-state index in [0.29, 0.717) is 5.13 Å². The van der Waals surface area contributed by atoms with Gasteiger partial charge in [0, 0.05) is 23.2 Å². The molecule has 0 amide bonds. The summed E-state index contributed by atoms with van der Waals surface area (Å²) in [6.45, 7) is 6.31. The van der Waals surface area contributed by atoms with Crippen molar-refractivity contribution in [2.24, 2.45) is 0 Å². The second-order valence-electron chi connectivity index (χ2n) is 4.40. The van der Waals surface area contributed by atoms with Gasteiger partial charge in [-0.05, 0) is 0 Å². The molecule has 0 aromatic carbocycles. The minimum atomic E-state index is -0.148. The van der Waals surface area contributed by atoms with Crippen LogP contribution in [-0.2, 0) is 5.41 Å². The maximum absolute atomic E-state index is 11.4. The summed E-state index contributed by atoms with van der Waals surface area (Å²) < 4.78 is 1.51. The summed E-state index contributed by atoms with van der Waals surface area (Å²) in [6.07, 6.45) is 3.30. The summed E-state index contributed by atoms with van der Waals surface area (Å²) in [4.78, 5) is 18.4. The van der Waals surface area contributed by atoms with Crippen LogP contribution in [0, 0.1) is 0 Å². The third-order valence-corrected chi connectivity index (χ3v) is 2.96. The van der Waals surface area contributed by atoms with E-state index in [1.54, 1.807) is 12.4 Å². The van der Waals surface area contributed by atoms with E-state index < -0.39 is 0 Å². The number of rotatable bonds is 1. The monoisotopic (exact) mass is 223 g/mol. The Balaban J connectivity index is 2.45. The van der Waals surface area contributed by atoms with Crippen molar-refractivity contribution in [2.45, 2.75) is 26.2 Å². The van der Waals surface area contributed by atoms with Gasteiger partial charge >= 0.3 is 5.69 Å². The SMILES string of the molecule is CC(C)(C)c1csc(-n2cc[nH]c2=O)n1. The van der Waals surface area contributed by atoms with Crippen molar-refractivity contribution < 1.29 is 0 Å². The first-order valence-corrected chi connectivity index (χ1v) is 5.59. The first-order valence-electron chi connectivity index (χ1n) is 4.71. The van der Waals surface area contributed by atoms with Crippen molar-refractivity contribution >= 4 is 11.3 Å². The number of hydrogen-bond donors (Lipinski definition) is 1. The average Bonchev–Trinajstić information content (AvgIpc) is 2.69. The van der Waals surface area contributed by atoms with E-state index in [-0.39, 0.29) is 11.1 Å². The molecule has 0 atom stereocenters. The Hall–Kier alpha value is -1.36. The number of hydrogen-bond acceptors (Lipinski definition) is 3. The Kier molecular flexibility index (Phi) is 2.26. The van der Waals surface area contributed by atoms with Crippen molar-refractivity contribution in [1.82, 2.24) is 14.5 Å². The highest BCUT2D eigenvalue weighted by Crippen LogP contribution is 2.24. The molecule has 0 aliphatic rings. The molecule has 0 aliphatic carbocycles. The quantitative estimate of drug-likeness (QED) is 0.803. The van der Waals surface area contributed by atoms with Gasteiger partial charge in [0.05, 0.1) is 5.69 Å². The van der Waals surface area contributed by atoms with Crippen LogP contribution in [0.1, 0.15) is 26.5 Å². The van der Waals surface area contributed by atoms with Crippen LogP contribution in [0.4, 0.5) is 0 Å². The van der Waals surface area contributed by atoms with E-state index in [2.05, 4.69) is 30.7 Å². The number of thiazole rings is 1. The number of aromatic amines is 1. The van der Waals surface area contributed by atoms with Gasteiger partial charge in [0.2, 0.25) is 0 Å². The molecular formula is C10H13N3OS. The minimum Gasteiger partial charge on any atom is -0.312 e. The molecule has 15 heavy (non-hydrogen) atoms. The Labute approximate surface area is 91.6 Å². The standard InChI is InChI=1S/C10H13N3OS/c1-10(2,3)7-6-15-9(12-7)13-5-4-11-8(13)14/h4-6H,1-3H3,(H,11,14). The number of imidazole rings is 1. The molecule has 2 aromatic rings. The fraction of sp³-hybridized carbons (Fsp3) is 0.400. The lowest BCUT2D eigenvalue weighted by Crippen LogP contribution is -2.15. The molecule has 80 valence electrons. The van der Waals surface area contributed by atoms with Crippen molar-refractivity contribution in [2.75, 3.05) is 0 Å². The zero-order valence-corrected chi connectivity index (χ0v) is 9.76. The maximum atomic E-state index is 11.4. The fourth-order valence-electron chi connectivity index (χ4n) is 1.19. The smallest absolute Gasteiger partial charge is 0.312 e. The topological polar surface area (TPSA) is 50.7 Å². The Bertz CT molecular complexity index is 515. The number of nitrogens with one attached hydrogen (secondary N) is 1. The molecule has 5 heteroatoms. The van der Waals surface area contributed by atoms with Crippen LogP contribution in [0.2, 0.25) is 0 Å². The molecule has 0 saturated carbocycles. The third-order valence-electron chi connectivity index (χ3n) is 2.12. The van der Waals surface area contributed by atoms with Gasteiger partial charge in [-0.2, -0.15) is 0 Å². The zero-order chi connectivity index (χ0) is 11.1. The van der Waals surface area contributed by atoms with E-state index in [0.717, 1.165) is 5.69 Å². The van der Waals surface area contributed by atoms with Crippen LogP contribution in [0.3, 0.4) is 0 Å². The zero-order valence-electron chi connectivity index (χ0n) is 8.94. The molecule has 0 fully saturated rings. The lowest BCUT2D eigenvalue weighted by atomic mass is 9.93. The van der Waals surface area contributed by atoms with E-state index in [1.807, 2.05) is 5.38 Å². The van der Waals surface area contributed by atoms with E-state index >= 15 is 0 Å². The van der Waals surface area contributed by atoms with Crippen molar-refractivity contribution in [1.29, 1.82) is 0 Å². The predicted octanol–water partition coefficient (Wildman–Crippen LogP) is 1.92. The van der Waals surface area contributed by atoms with Gasteiger partial charge in [-0.25, -0.2) is 14.3 Å². The number of aromatic nitrogens is 3. The van der Waals surface area contributed by atoms with Crippen LogP contribution < -0.4 is 5.69 Å². The number of H-pyrrole nitrogens is 1. The Morgan fingerprint density at radius 2 is 2.20 bits per heavy atom. The van der Waals surface area contributed by atoms with Crippen molar-refractivity contribution in [3.8, 4) is 5.13 Å². The van der Waals surface area contributed by atoms with Crippen LogP contribution in [0.25, 0.3) is 5.13 Å². The van der Waals surface area contributed by atoms with Gasteiger partial charge in [0.1, 0.15) is 0 Å². The first-order chi connectivity index (χ1) is 6.98. The van der Waals surface area contributed by atoms with Crippen LogP contribution in [-0.4, -0.2) is 14.5 Å². The molecule has 0 spiro atoms. The highest BCUT2D eigenvalue weighted by atomic mass is 32.1.